The number of nitrogens with one attached hydrogen (secondary N) is 1. The summed E-state index contributed by atoms with van der Waals surface area (Å²) < 4.78 is 5.73. The molecule has 0 radical (unpaired) electrons. The summed E-state index contributed by atoms with van der Waals surface area (Å²) in [7, 11) is 3.59. The molecule has 0 aliphatic heterocycles. The van der Waals surface area contributed by atoms with Crippen molar-refractivity contribution in [2.75, 3.05) is 20.7 Å². The van der Waals surface area contributed by atoms with E-state index in [1.54, 1.807) is 19.1 Å². The van der Waals surface area contributed by atoms with Gasteiger partial charge in [-0.3, -0.25) is 10.2 Å². The molecule has 1 aromatic carbocycles. The van der Waals surface area contributed by atoms with Crippen molar-refractivity contribution in [2.24, 2.45) is 0 Å². The average Bonchev–Trinajstić information content (AvgIpc) is 2.26. The Morgan fingerprint density at radius 1 is 1.28 bits per heavy atom. The lowest BCUT2D eigenvalue weighted by Crippen LogP contribution is -2.36. The van der Waals surface area contributed by atoms with Crippen molar-refractivity contribution in [1.82, 2.24) is 10.4 Å². The molecule has 1 amide bonds. The monoisotopic (exact) mass is 250 g/mol. The average molecular weight is 250 g/mol. The molecule has 0 unspecified atom stereocenters. The van der Waals surface area contributed by atoms with E-state index in [0.29, 0.717) is 19.4 Å². The summed E-state index contributed by atoms with van der Waals surface area (Å²) in [6, 6.07) is 6.07. The lowest BCUT2D eigenvalue weighted by atomic mass is 10.1. The summed E-state index contributed by atoms with van der Waals surface area (Å²) in [5, 5.41) is 1.65. The van der Waals surface area contributed by atoms with Gasteiger partial charge in [0.2, 0.25) is 5.91 Å². The SMILES string of the molecule is Cc1cccc(C)c1OCCCC(=O)NN(C)C. The Bertz CT molecular complexity index is 383. The van der Waals surface area contributed by atoms with E-state index >= 15 is 0 Å². The highest BCUT2D eigenvalue weighted by atomic mass is 16.5. The quantitative estimate of drug-likeness (QED) is 0.620. The minimum atomic E-state index is 0.0186. The van der Waals surface area contributed by atoms with Crippen LogP contribution in [0.4, 0.5) is 0 Å². The third kappa shape index (κ3) is 4.75. The summed E-state index contributed by atoms with van der Waals surface area (Å²) in [6.07, 6.45) is 1.19. The van der Waals surface area contributed by atoms with Gasteiger partial charge in [-0.2, -0.15) is 0 Å². The molecule has 0 atom stereocenters. The molecule has 4 nitrogen and oxygen atoms in total. The van der Waals surface area contributed by atoms with Crippen molar-refractivity contribution in [3.8, 4) is 5.75 Å². The van der Waals surface area contributed by atoms with Gasteiger partial charge in [0.1, 0.15) is 5.75 Å². The molecule has 18 heavy (non-hydrogen) atoms. The highest BCUT2D eigenvalue weighted by Gasteiger charge is 2.05. The molecule has 0 saturated heterocycles. The number of amides is 1. The molecule has 0 aliphatic carbocycles. The first kappa shape index (κ1) is 14.5. The fourth-order valence-electron chi connectivity index (χ4n) is 1.74. The number of hydrazine groups is 1. The van der Waals surface area contributed by atoms with Gasteiger partial charge in [0.25, 0.3) is 0 Å². The van der Waals surface area contributed by atoms with Crippen molar-refractivity contribution in [2.45, 2.75) is 26.7 Å². The number of hydrogen-bond donors (Lipinski definition) is 1. The number of aryl methyl sites for hydroxylation is 2. The van der Waals surface area contributed by atoms with Crippen molar-refractivity contribution in [3.05, 3.63) is 29.3 Å². The number of benzene rings is 1. The van der Waals surface area contributed by atoms with Gasteiger partial charge in [0.05, 0.1) is 6.61 Å². The predicted molar refractivity (Wildman–Crippen MR) is 72.5 cm³/mol. The molecular weight excluding hydrogens is 228 g/mol. The van der Waals surface area contributed by atoms with E-state index in [4.69, 9.17) is 4.74 Å². The summed E-state index contributed by atoms with van der Waals surface area (Å²) in [4.78, 5) is 11.4. The van der Waals surface area contributed by atoms with Crippen LogP contribution in [0.3, 0.4) is 0 Å². The summed E-state index contributed by atoms with van der Waals surface area (Å²) in [5.41, 5.74) is 4.97. The lowest BCUT2D eigenvalue weighted by molar-refractivity contribution is -0.125. The van der Waals surface area contributed by atoms with Gasteiger partial charge in [-0.15, -0.1) is 0 Å². The van der Waals surface area contributed by atoms with Crippen LogP contribution in [-0.2, 0) is 4.79 Å². The zero-order valence-electron chi connectivity index (χ0n) is 11.6. The van der Waals surface area contributed by atoms with Crippen LogP contribution in [-0.4, -0.2) is 31.6 Å². The minimum Gasteiger partial charge on any atom is -0.493 e. The van der Waals surface area contributed by atoms with E-state index in [1.807, 2.05) is 32.0 Å². The molecule has 0 saturated carbocycles. The number of nitrogens with zero attached hydrogens (tertiary/aromatic N) is 1. The fourth-order valence-corrected chi connectivity index (χ4v) is 1.74. The highest BCUT2D eigenvalue weighted by Crippen LogP contribution is 2.22. The molecule has 1 rings (SSSR count). The topological polar surface area (TPSA) is 41.6 Å². The van der Waals surface area contributed by atoms with Gasteiger partial charge in [0.15, 0.2) is 0 Å². The van der Waals surface area contributed by atoms with Gasteiger partial charge in [-0.05, 0) is 31.4 Å². The summed E-state index contributed by atoms with van der Waals surface area (Å²) in [5.74, 6) is 0.954. The standard InChI is InChI=1S/C14H22N2O2/c1-11-7-5-8-12(2)14(11)18-10-6-9-13(17)15-16(3)4/h5,7-8H,6,9-10H2,1-4H3,(H,15,17). The van der Waals surface area contributed by atoms with Crippen molar-refractivity contribution in [1.29, 1.82) is 0 Å². The maximum Gasteiger partial charge on any atom is 0.234 e. The molecule has 0 aromatic heterocycles. The lowest BCUT2D eigenvalue weighted by Gasteiger charge is -2.13. The van der Waals surface area contributed by atoms with Crippen LogP contribution in [0.25, 0.3) is 0 Å². The van der Waals surface area contributed by atoms with Gasteiger partial charge in [-0.1, -0.05) is 18.2 Å². The molecule has 0 heterocycles. The second kappa shape index (κ2) is 7.01. The maximum atomic E-state index is 11.4. The highest BCUT2D eigenvalue weighted by molar-refractivity contribution is 5.75. The summed E-state index contributed by atoms with van der Waals surface area (Å²) >= 11 is 0. The maximum absolute atomic E-state index is 11.4. The number of ether oxygens (including phenoxy) is 1. The first-order valence-electron chi connectivity index (χ1n) is 6.16. The molecule has 100 valence electrons. The smallest absolute Gasteiger partial charge is 0.234 e. The van der Waals surface area contributed by atoms with Gasteiger partial charge < -0.3 is 4.74 Å². The van der Waals surface area contributed by atoms with E-state index < -0.39 is 0 Å². The number of carbonyl (C=O) groups excluding carboxylic acids is 1. The molecule has 0 bridgehead atoms. The van der Waals surface area contributed by atoms with E-state index in [9.17, 15) is 4.79 Å². The van der Waals surface area contributed by atoms with E-state index in [-0.39, 0.29) is 5.91 Å². The number of hydrogen-bond acceptors (Lipinski definition) is 3. The van der Waals surface area contributed by atoms with Crippen molar-refractivity contribution < 1.29 is 9.53 Å². The van der Waals surface area contributed by atoms with Crippen LogP contribution in [0.1, 0.15) is 24.0 Å². The summed E-state index contributed by atoms with van der Waals surface area (Å²) in [6.45, 7) is 4.62. The van der Waals surface area contributed by atoms with E-state index in [1.165, 1.54) is 0 Å². The molecule has 0 spiro atoms. The molecule has 0 fully saturated rings. The molecular formula is C14H22N2O2. The van der Waals surface area contributed by atoms with Crippen LogP contribution < -0.4 is 10.2 Å². The van der Waals surface area contributed by atoms with Gasteiger partial charge >= 0.3 is 0 Å². The Morgan fingerprint density at radius 2 is 1.89 bits per heavy atom. The molecule has 0 aliphatic rings. The van der Waals surface area contributed by atoms with Gasteiger partial charge in [0, 0.05) is 20.5 Å². The Morgan fingerprint density at radius 3 is 2.44 bits per heavy atom. The number of rotatable bonds is 6. The Hall–Kier alpha value is -1.55. The molecule has 4 heteroatoms. The minimum absolute atomic E-state index is 0.0186. The largest absolute Gasteiger partial charge is 0.493 e. The Labute approximate surface area is 109 Å². The van der Waals surface area contributed by atoms with Crippen LogP contribution in [0.2, 0.25) is 0 Å². The predicted octanol–water partition coefficient (Wildman–Crippen LogP) is 2.06. The van der Waals surface area contributed by atoms with Crippen LogP contribution in [0.5, 0.6) is 5.75 Å². The first-order valence-corrected chi connectivity index (χ1v) is 6.16. The second-order valence-corrected chi connectivity index (χ2v) is 4.60. The molecule has 1 aromatic rings. The van der Waals surface area contributed by atoms with Crippen LogP contribution in [0.15, 0.2) is 18.2 Å². The normalized spacial score (nSPS) is 10.5. The fraction of sp³-hybridized carbons (Fsp3) is 0.500. The zero-order chi connectivity index (χ0) is 13.5. The second-order valence-electron chi connectivity index (χ2n) is 4.60. The number of carbonyl (C=O) groups is 1. The third-order valence-electron chi connectivity index (χ3n) is 2.55. The van der Waals surface area contributed by atoms with Crippen molar-refractivity contribution in [3.63, 3.8) is 0 Å². The van der Waals surface area contributed by atoms with E-state index in [2.05, 4.69) is 5.43 Å². The third-order valence-corrected chi connectivity index (χ3v) is 2.55. The number of para-hydroxylation sites is 1. The van der Waals surface area contributed by atoms with Crippen LogP contribution in [0, 0.1) is 13.8 Å². The zero-order valence-corrected chi connectivity index (χ0v) is 11.6. The first-order chi connectivity index (χ1) is 8.50. The van der Waals surface area contributed by atoms with Crippen LogP contribution >= 0.6 is 0 Å². The van der Waals surface area contributed by atoms with Gasteiger partial charge in [-0.25, -0.2) is 5.01 Å². The van der Waals surface area contributed by atoms with Crippen molar-refractivity contribution >= 4 is 5.91 Å². The van der Waals surface area contributed by atoms with E-state index in [0.717, 1.165) is 16.9 Å². The molecule has 1 N–H and O–H groups in total. The Kier molecular flexibility index (Phi) is 5.65. The Balaban J connectivity index is 2.32.